The molecule has 0 aromatic heterocycles. The van der Waals surface area contributed by atoms with E-state index in [4.69, 9.17) is 5.73 Å². The zero-order valence-electron chi connectivity index (χ0n) is 16.0. The molecule has 2 N–H and O–H groups in total. The molecule has 1 saturated heterocycles. The van der Waals surface area contributed by atoms with Gasteiger partial charge < -0.3 is 15.5 Å². The number of nitrogens with zero attached hydrogens (tertiary/aromatic N) is 2. The van der Waals surface area contributed by atoms with E-state index in [2.05, 4.69) is 51.7 Å². The lowest BCUT2D eigenvalue weighted by Gasteiger charge is -2.42. The quantitative estimate of drug-likeness (QED) is 0.847. The third-order valence-electron chi connectivity index (χ3n) is 5.01. The number of anilines is 1. The summed E-state index contributed by atoms with van der Waals surface area (Å²) in [7, 11) is 0. The van der Waals surface area contributed by atoms with Gasteiger partial charge in [-0.2, -0.15) is 0 Å². The number of piperidine rings is 1. The van der Waals surface area contributed by atoms with Crippen LogP contribution in [0.4, 0.5) is 5.69 Å². The molecule has 1 fully saturated rings. The molecule has 1 atom stereocenters. The number of hydrogen-bond donors (Lipinski definition) is 1. The maximum absolute atomic E-state index is 12.8. The number of likely N-dealkylation sites (tertiary alicyclic amines) is 1. The van der Waals surface area contributed by atoms with Crippen molar-refractivity contribution in [2.75, 3.05) is 24.5 Å². The zero-order chi connectivity index (χ0) is 17.2. The van der Waals surface area contributed by atoms with Crippen LogP contribution in [0.2, 0.25) is 0 Å². The second-order valence-electron chi connectivity index (χ2n) is 7.54. The lowest BCUT2D eigenvalue weighted by molar-refractivity contribution is 0.0533. The van der Waals surface area contributed by atoms with Gasteiger partial charge in [-0.15, -0.1) is 24.8 Å². The normalized spacial score (nSPS) is 19.0. The molecule has 1 aliphatic heterocycles. The van der Waals surface area contributed by atoms with E-state index >= 15 is 0 Å². The second kappa shape index (κ2) is 9.65. The van der Waals surface area contributed by atoms with Crippen LogP contribution in [0.25, 0.3) is 0 Å². The van der Waals surface area contributed by atoms with Gasteiger partial charge in [-0.25, -0.2) is 0 Å². The van der Waals surface area contributed by atoms with Crippen LogP contribution in [0.3, 0.4) is 0 Å². The van der Waals surface area contributed by atoms with E-state index in [0.29, 0.717) is 6.04 Å². The predicted molar refractivity (Wildman–Crippen MR) is 111 cm³/mol. The van der Waals surface area contributed by atoms with Gasteiger partial charge in [0.1, 0.15) is 0 Å². The van der Waals surface area contributed by atoms with Crippen LogP contribution in [0, 0.1) is 5.41 Å². The van der Waals surface area contributed by atoms with Crippen LogP contribution in [0.1, 0.15) is 51.4 Å². The van der Waals surface area contributed by atoms with Crippen molar-refractivity contribution in [1.29, 1.82) is 0 Å². The molecule has 144 valence electrons. The summed E-state index contributed by atoms with van der Waals surface area (Å²) in [5.41, 5.74) is 8.07. The summed E-state index contributed by atoms with van der Waals surface area (Å²) in [6.45, 7) is 13.2. The van der Waals surface area contributed by atoms with Crippen molar-refractivity contribution in [3.8, 4) is 0 Å². The number of carbonyl (C=O) groups excluding carboxylic acids is 1. The van der Waals surface area contributed by atoms with E-state index in [1.165, 1.54) is 5.69 Å². The lowest BCUT2D eigenvalue weighted by atomic mass is 9.79. The van der Waals surface area contributed by atoms with Gasteiger partial charge in [0.2, 0.25) is 0 Å². The molecule has 0 radical (unpaired) electrons. The van der Waals surface area contributed by atoms with Crippen LogP contribution < -0.4 is 10.6 Å². The molecule has 1 heterocycles. The number of amides is 1. The van der Waals surface area contributed by atoms with Crippen molar-refractivity contribution in [2.24, 2.45) is 11.1 Å². The van der Waals surface area contributed by atoms with Gasteiger partial charge >= 0.3 is 0 Å². The maximum Gasteiger partial charge on any atom is 0.253 e. The minimum atomic E-state index is -0.0233. The predicted octanol–water partition coefficient (Wildman–Crippen LogP) is 3.96. The first-order valence-corrected chi connectivity index (χ1v) is 8.68. The average molecular weight is 390 g/mol. The highest BCUT2D eigenvalue weighted by Crippen LogP contribution is 2.29. The minimum absolute atomic E-state index is 0. The summed E-state index contributed by atoms with van der Waals surface area (Å²) >= 11 is 0. The van der Waals surface area contributed by atoms with Crippen molar-refractivity contribution in [3.05, 3.63) is 29.8 Å². The Morgan fingerprint density at radius 2 is 1.84 bits per heavy atom. The maximum atomic E-state index is 12.8. The van der Waals surface area contributed by atoms with Crippen LogP contribution in [0.15, 0.2) is 24.3 Å². The molecule has 2 rings (SSSR count). The summed E-state index contributed by atoms with van der Waals surface area (Å²) in [4.78, 5) is 17.0. The van der Waals surface area contributed by atoms with Crippen LogP contribution in [-0.2, 0) is 0 Å². The van der Waals surface area contributed by atoms with E-state index in [1.807, 2.05) is 17.0 Å². The zero-order valence-corrected chi connectivity index (χ0v) is 17.6. The summed E-state index contributed by atoms with van der Waals surface area (Å²) in [6, 6.07) is 8.62. The summed E-state index contributed by atoms with van der Waals surface area (Å²) in [6.07, 6.45) is 0.869. The summed E-state index contributed by atoms with van der Waals surface area (Å²) < 4.78 is 0. The molecule has 0 bridgehead atoms. The van der Waals surface area contributed by atoms with Crippen LogP contribution >= 0.6 is 24.8 Å². The van der Waals surface area contributed by atoms with Crippen molar-refractivity contribution in [2.45, 2.75) is 53.1 Å². The molecule has 6 heteroatoms. The van der Waals surface area contributed by atoms with Gasteiger partial charge in [-0.3, -0.25) is 4.79 Å². The first-order chi connectivity index (χ1) is 10.8. The molecule has 1 unspecified atom stereocenters. The van der Waals surface area contributed by atoms with Gasteiger partial charge in [0, 0.05) is 43.0 Å². The Balaban J connectivity index is 0.00000288. The van der Waals surface area contributed by atoms with Crippen molar-refractivity contribution >= 4 is 36.4 Å². The van der Waals surface area contributed by atoms with Gasteiger partial charge in [0.05, 0.1) is 0 Å². The van der Waals surface area contributed by atoms with Crippen molar-refractivity contribution < 1.29 is 4.79 Å². The largest absolute Gasteiger partial charge is 0.369 e. The van der Waals surface area contributed by atoms with Crippen LogP contribution in [0.5, 0.6) is 0 Å². The Hall–Kier alpha value is -0.970. The van der Waals surface area contributed by atoms with E-state index in [0.717, 1.165) is 31.6 Å². The number of halogens is 2. The fourth-order valence-electron chi connectivity index (χ4n) is 3.37. The van der Waals surface area contributed by atoms with Gasteiger partial charge in [-0.05, 0) is 56.9 Å². The highest BCUT2D eigenvalue weighted by Gasteiger charge is 2.35. The van der Waals surface area contributed by atoms with E-state index < -0.39 is 0 Å². The monoisotopic (exact) mass is 389 g/mol. The van der Waals surface area contributed by atoms with E-state index in [-0.39, 0.29) is 42.2 Å². The minimum Gasteiger partial charge on any atom is -0.369 e. The number of rotatable bonds is 4. The fraction of sp³-hybridized carbons (Fsp3) is 0.632. The van der Waals surface area contributed by atoms with E-state index in [9.17, 15) is 4.79 Å². The molecule has 0 saturated carbocycles. The van der Waals surface area contributed by atoms with Crippen molar-refractivity contribution in [3.63, 3.8) is 0 Å². The summed E-state index contributed by atoms with van der Waals surface area (Å²) in [5.74, 6) is 0.115. The number of hydrogen-bond acceptors (Lipinski definition) is 3. The fourth-order valence-corrected chi connectivity index (χ4v) is 3.37. The standard InChI is InChI=1S/C19H31N3O.2ClH/c1-6-22(14(2)3)16-9-7-15(8-10-16)18(23)21-12-11-17(20)19(4,5)13-21;;/h7-10,14,17H,6,11-13,20H2,1-5H3;2*1H. The van der Waals surface area contributed by atoms with E-state index in [1.54, 1.807) is 0 Å². The average Bonchev–Trinajstić information content (AvgIpc) is 2.50. The molecule has 1 amide bonds. The molecule has 1 aromatic rings. The molecule has 25 heavy (non-hydrogen) atoms. The van der Waals surface area contributed by atoms with Crippen molar-refractivity contribution in [1.82, 2.24) is 4.90 Å². The molecular weight excluding hydrogens is 357 g/mol. The third-order valence-corrected chi connectivity index (χ3v) is 5.01. The Bertz CT molecular complexity index is 546. The first kappa shape index (κ1) is 24.0. The number of carbonyl (C=O) groups is 1. The Morgan fingerprint density at radius 1 is 1.28 bits per heavy atom. The number of benzene rings is 1. The Labute approximate surface area is 164 Å². The highest BCUT2D eigenvalue weighted by molar-refractivity contribution is 5.94. The summed E-state index contributed by atoms with van der Waals surface area (Å²) in [5, 5.41) is 0. The molecule has 1 aliphatic rings. The van der Waals surface area contributed by atoms with Crippen LogP contribution in [-0.4, -0.2) is 42.5 Å². The molecular formula is C19H33Cl2N3O. The Kier molecular flexibility index (Phi) is 9.28. The molecule has 0 aliphatic carbocycles. The third kappa shape index (κ3) is 5.50. The topological polar surface area (TPSA) is 49.6 Å². The molecule has 0 spiro atoms. The highest BCUT2D eigenvalue weighted by atomic mass is 35.5. The molecule has 1 aromatic carbocycles. The molecule has 4 nitrogen and oxygen atoms in total. The van der Waals surface area contributed by atoms with Gasteiger partial charge in [-0.1, -0.05) is 13.8 Å². The smallest absolute Gasteiger partial charge is 0.253 e. The first-order valence-electron chi connectivity index (χ1n) is 8.68. The lowest BCUT2D eigenvalue weighted by Crippen LogP contribution is -2.54. The van der Waals surface area contributed by atoms with Gasteiger partial charge in [0.15, 0.2) is 0 Å². The SMILES string of the molecule is CCN(c1ccc(C(=O)N2CCC(N)C(C)(C)C2)cc1)C(C)C.Cl.Cl. The number of nitrogens with two attached hydrogens (primary N) is 1. The Morgan fingerprint density at radius 3 is 2.28 bits per heavy atom. The van der Waals surface area contributed by atoms with Gasteiger partial charge in [0.25, 0.3) is 5.91 Å². The second-order valence-corrected chi connectivity index (χ2v) is 7.54.